The van der Waals surface area contributed by atoms with Gasteiger partial charge in [-0.05, 0) is 23.3 Å². The number of aliphatic hydroxyl groups is 1. The molecule has 23 heavy (non-hydrogen) atoms. The molecule has 0 spiro atoms. The van der Waals surface area contributed by atoms with Gasteiger partial charge in [0.05, 0.1) is 13.7 Å². The highest BCUT2D eigenvalue weighted by atomic mass is 16.5. The summed E-state index contributed by atoms with van der Waals surface area (Å²) >= 11 is 0. The predicted octanol–water partition coefficient (Wildman–Crippen LogP) is 2.63. The molecule has 1 aliphatic heterocycles. The van der Waals surface area contributed by atoms with E-state index in [0.29, 0.717) is 6.61 Å². The summed E-state index contributed by atoms with van der Waals surface area (Å²) in [4.78, 5) is 2.33. The van der Waals surface area contributed by atoms with Crippen LogP contribution in [0.15, 0.2) is 54.6 Å². The average Bonchev–Trinajstić information content (AvgIpc) is 2.62. The smallest absolute Gasteiger partial charge is 0.118 e. The molecule has 0 amide bonds. The summed E-state index contributed by atoms with van der Waals surface area (Å²) in [5.74, 6) is 0.788. The van der Waals surface area contributed by atoms with Gasteiger partial charge in [0.25, 0.3) is 0 Å². The van der Waals surface area contributed by atoms with Crippen LogP contribution in [0.5, 0.6) is 5.75 Å². The molecule has 0 unspecified atom stereocenters. The van der Waals surface area contributed by atoms with Gasteiger partial charge in [0.15, 0.2) is 0 Å². The fourth-order valence-electron chi connectivity index (χ4n) is 2.92. The third-order valence-electron chi connectivity index (χ3n) is 4.24. The first-order valence-electron chi connectivity index (χ1n) is 7.96. The zero-order chi connectivity index (χ0) is 16.1. The van der Waals surface area contributed by atoms with Crippen molar-refractivity contribution in [1.82, 2.24) is 4.90 Å². The number of hydrogen-bond acceptors (Lipinski definition) is 4. The van der Waals surface area contributed by atoms with E-state index in [9.17, 15) is 5.11 Å². The molecule has 2 aromatic rings. The third-order valence-corrected chi connectivity index (χ3v) is 4.24. The summed E-state index contributed by atoms with van der Waals surface area (Å²) in [5, 5.41) is 10.6. The quantitative estimate of drug-likeness (QED) is 0.921. The van der Waals surface area contributed by atoms with Crippen LogP contribution >= 0.6 is 0 Å². The Kier molecular flexibility index (Phi) is 5.28. The van der Waals surface area contributed by atoms with Gasteiger partial charge in [0, 0.05) is 19.6 Å². The third kappa shape index (κ3) is 4.10. The molecule has 4 heteroatoms. The van der Waals surface area contributed by atoms with Crippen molar-refractivity contribution < 1.29 is 14.6 Å². The molecule has 122 valence electrons. The number of nitrogens with zero attached hydrogens (tertiary/aromatic N) is 1. The Hall–Kier alpha value is -1.88. The van der Waals surface area contributed by atoms with Gasteiger partial charge in [-0.3, -0.25) is 4.90 Å². The Bertz CT molecular complexity index is 600. The molecule has 0 aliphatic carbocycles. The number of rotatable bonds is 5. The maximum absolute atomic E-state index is 10.6. The first kappa shape index (κ1) is 16.0. The molecule has 2 atom stereocenters. The van der Waals surface area contributed by atoms with Crippen molar-refractivity contribution in [3.05, 3.63) is 65.7 Å². The maximum atomic E-state index is 10.6. The van der Waals surface area contributed by atoms with Crippen LogP contribution in [0.2, 0.25) is 0 Å². The van der Waals surface area contributed by atoms with E-state index in [4.69, 9.17) is 9.47 Å². The lowest BCUT2D eigenvalue weighted by atomic mass is 10.0. The largest absolute Gasteiger partial charge is 0.497 e. The monoisotopic (exact) mass is 313 g/mol. The first-order chi connectivity index (χ1) is 11.3. The SMILES string of the molecule is COc1ccc([C@H](O)[C@H]2CN(Cc3ccccc3)CCO2)cc1. The highest BCUT2D eigenvalue weighted by Gasteiger charge is 2.27. The normalized spacial score (nSPS) is 20.2. The lowest BCUT2D eigenvalue weighted by Crippen LogP contribution is -2.44. The van der Waals surface area contributed by atoms with Crippen LogP contribution in [-0.4, -0.2) is 42.9 Å². The average molecular weight is 313 g/mol. The summed E-state index contributed by atoms with van der Waals surface area (Å²) < 4.78 is 11.0. The van der Waals surface area contributed by atoms with Crippen LogP contribution in [0, 0.1) is 0 Å². The van der Waals surface area contributed by atoms with Crippen LogP contribution in [0.3, 0.4) is 0 Å². The molecule has 0 saturated carbocycles. The summed E-state index contributed by atoms with van der Waals surface area (Å²) in [7, 11) is 1.64. The molecule has 1 fully saturated rings. The minimum Gasteiger partial charge on any atom is -0.497 e. The van der Waals surface area contributed by atoms with Crippen molar-refractivity contribution in [2.45, 2.75) is 18.8 Å². The van der Waals surface area contributed by atoms with Gasteiger partial charge in [-0.2, -0.15) is 0 Å². The fraction of sp³-hybridized carbons (Fsp3) is 0.368. The van der Waals surface area contributed by atoms with Gasteiger partial charge in [-0.1, -0.05) is 42.5 Å². The first-order valence-corrected chi connectivity index (χ1v) is 7.96. The molecule has 1 heterocycles. The molecule has 0 bridgehead atoms. The van der Waals surface area contributed by atoms with Crippen LogP contribution < -0.4 is 4.74 Å². The van der Waals surface area contributed by atoms with E-state index >= 15 is 0 Å². The van der Waals surface area contributed by atoms with Crippen molar-refractivity contribution in [1.29, 1.82) is 0 Å². The van der Waals surface area contributed by atoms with E-state index < -0.39 is 6.10 Å². The van der Waals surface area contributed by atoms with Crippen molar-refractivity contribution >= 4 is 0 Å². The lowest BCUT2D eigenvalue weighted by molar-refractivity contribution is -0.0918. The Balaban J connectivity index is 1.62. The van der Waals surface area contributed by atoms with E-state index in [-0.39, 0.29) is 6.10 Å². The van der Waals surface area contributed by atoms with E-state index in [0.717, 1.165) is 30.9 Å². The predicted molar refractivity (Wildman–Crippen MR) is 89.4 cm³/mol. The number of morpholine rings is 1. The van der Waals surface area contributed by atoms with Crippen molar-refractivity contribution in [3.8, 4) is 5.75 Å². The number of benzene rings is 2. The number of methoxy groups -OCH3 is 1. The zero-order valence-corrected chi connectivity index (χ0v) is 13.4. The summed E-state index contributed by atoms with van der Waals surface area (Å²) in [6.07, 6.45) is -0.833. The van der Waals surface area contributed by atoms with Gasteiger partial charge in [0.1, 0.15) is 18.0 Å². The molecular weight excluding hydrogens is 290 g/mol. The molecule has 1 saturated heterocycles. The Morgan fingerprint density at radius 3 is 2.61 bits per heavy atom. The number of aliphatic hydroxyl groups excluding tert-OH is 1. The van der Waals surface area contributed by atoms with Crippen molar-refractivity contribution in [3.63, 3.8) is 0 Å². The second-order valence-electron chi connectivity index (χ2n) is 5.85. The van der Waals surface area contributed by atoms with E-state index in [2.05, 4.69) is 29.2 Å². The second-order valence-corrected chi connectivity index (χ2v) is 5.85. The van der Waals surface area contributed by atoms with Crippen LogP contribution in [0.1, 0.15) is 17.2 Å². The lowest BCUT2D eigenvalue weighted by Gasteiger charge is -2.35. The molecule has 1 N–H and O–H groups in total. The highest BCUT2D eigenvalue weighted by molar-refractivity contribution is 5.29. The standard InChI is InChI=1S/C19H23NO3/c1-22-17-9-7-16(8-10-17)19(21)18-14-20(11-12-23-18)13-15-5-3-2-4-6-15/h2-10,18-19,21H,11-14H2,1H3/t18-,19+/m1/s1. The minimum atomic E-state index is -0.625. The molecular formula is C19H23NO3. The molecule has 4 nitrogen and oxygen atoms in total. The maximum Gasteiger partial charge on any atom is 0.118 e. The van der Waals surface area contributed by atoms with Crippen LogP contribution in [-0.2, 0) is 11.3 Å². The number of ether oxygens (including phenoxy) is 2. The van der Waals surface area contributed by atoms with E-state index in [1.165, 1.54) is 5.56 Å². The van der Waals surface area contributed by atoms with Gasteiger partial charge in [0.2, 0.25) is 0 Å². The summed E-state index contributed by atoms with van der Waals surface area (Å²) in [6.45, 7) is 3.14. The summed E-state index contributed by atoms with van der Waals surface area (Å²) in [5.41, 5.74) is 2.14. The van der Waals surface area contributed by atoms with Gasteiger partial charge in [-0.15, -0.1) is 0 Å². The van der Waals surface area contributed by atoms with Crippen molar-refractivity contribution in [2.75, 3.05) is 26.8 Å². The minimum absolute atomic E-state index is 0.208. The molecule has 2 aromatic carbocycles. The molecule has 0 radical (unpaired) electrons. The summed E-state index contributed by atoms with van der Waals surface area (Å²) in [6, 6.07) is 17.9. The molecule has 1 aliphatic rings. The van der Waals surface area contributed by atoms with Gasteiger partial charge >= 0.3 is 0 Å². The van der Waals surface area contributed by atoms with Gasteiger partial charge < -0.3 is 14.6 Å². The molecule has 3 rings (SSSR count). The highest BCUT2D eigenvalue weighted by Crippen LogP contribution is 2.24. The number of hydrogen-bond donors (Lipinski definition) is 1. The van der Waals surface area contributed by atoms with Crippen LogP contribution in [0.4, 0.5) is 0 Å². The second kappa shape index (κ2) is 7.59. The van der Waals surface area contributed by atoms with E-state index in [1.54, 1.807) is 7.11 Å². The topological polar surface area (TPSA) is 41.9 Å². The van der Waals surface area contributed by atoms with Crippen molar-refractivity contribution in [2.24, 2.45) is 0 Å². The molecule has 0 aromatic heterocycles. The Morgan fingerprint density at radius 2 is 1.91 bits per heavy atom. The zero-order valence-electron chi connectivity index (χ0n) is 13.4. The van der Waals surface area contributed by atoms with Crippen LogP contribution in [0.25, 0.3) is 0 Å². The fourth-order valence-corrected chi connectivity index (χ4v) is 2.92. The Labute approximate surface area is 137 Å². The Morgan fingerprint density at radius 1 is 1.17 bits per heavy atom. The van der Waals surface area contributed by atoms with Gasteiger partial charge in [-0.25, -0.2) is 0 Å². The van der Waals surface area contributed by atoms with E-state index in [1.807, 2.05) is 30.3 Å².